The molecule has 1 aromatic carbocycles. The molecule has 28 heavy (non-hydrogen) atoms. The number of benzene rings is 1. The summed E-state index contributed by atoms with van der Waals surface area (Å²) in [6, 6.07) is 8.11. The lowest BCUT2D eigenvalue weighted by Gasteiger charge is -2.22. The van der Waals surface area contributed by atoms with Gasteiger partial charge in [-0.15, -0.1) is 0 Å². The van der Waals surface area contributed by atoms with Crippen LogP contribution in [-0.2, 0) is 9.59 Å². The maximum Gasteiger partial charge on any atom is 0.253 e. The average Bonchev–Trinajstić information content (AvgIpc) is 2.69. The molecule has 1 fully saturated rings. The Bertz CT molecular complexity index is 941. The number of piperidine rings is 1. The highest BCUT2D eigenvalue weighted by Crippen LogP contribution is 2.31. The number of nitrogens with zero attached hydrogens (tertiary/aromatic N) is 1. The van der Waals surface area contributed by atoms with Gasteiger partial charge in [0.1, 0.15) is 6.04 Å². The lowest BCUT2D eigenvalue weighted by molar-refractivity contribution is -0.134. The predicted molar refractivity (Wildman–Crippen MR) is 101 cm³/mol. The van der Waals surface area contributed by atoms with Gasteiger partial charge in [-0.05, 0) is 43.7 Å². The molecule has 8 nitrogen and oxygen atoms in total. The lowest BCUT2D eigenvalue weighted by Crippen LogP contribution is -2.52. The molecule has 3 amide bonds. The molecule has 146 valence electrons. The first kappa shape index (κ1) is 19.3. The predicted octanol–water partition coefficient (Wildman–Crippen LogP) is 1.61. The number of amides is 3. The Morgan fingerprint density at radius 2 is 1.89 bits per heavy atom. The summed E-state index contributed by atoms with van der Waals surface area (Å²) in [4.78, 5) is 40.1. The molecule has 2 heterocycles. The van der Waals surface area contributed by atoms with E-state index in [-0.39, 0.29) is 18.7 Å². The van der Waals surface area contributed by atoms with E-state index in [1.54, 1.807) is 39.3 Å². The van der Waals surface area contributed by atoms with Crippen molar-refractivity contribution >= 4 is 17.7 Å². The number of hydrogen-bond donors (Lipinski definition) is 2. The molecule has 0 saturated carbocycles. The van der Waals surface area contributed by atoms with Gasteiger partial charge in [-0.2, -0.15) is 0 Å². The molecule has 1 aromatic heterocycles. The third-order valence-electron chi connectivity index (χ3n) is 4.55. The van der Waals surface area contributed by atoms with Crippen LogP contribution in [0.2, 0.25) is 0 Å². The minimum atomic E-state index is -0.727. The Hall–Kier alpha value is -3.42. The Labute approximate surface area is 162 Å². The van der Waals surface area contributed by atoms with Crippen LogP contribution in [0.3, 0.4) is 0 Å². The standard InChI is InChI=1S/C20H21N3O5/c1-11-13(19(25)22-15-7-9-18(24)23-20(15)26)5-6-14(21-11)12-4-8-16(27-2)17(10-12)28-3/h4-6,8,10,15H,7,9H2,1-3H3,(H,22,25)(H,23,24,26). The van der Waals surface area contributed by atoms with Gasteiger partial charge in [0.2, 0.25) is 11.8 Å². The van der Waals surface area contributed by atoms with Crippen molar-refractivity contribution in [3.8, 4) is 22.8 Å². The van der Waals surface area contributed by atoms with Gasteiger partial charge in [0, 0.05) is 12.0 Å². The highest BCUT2D eigenvalue weighted by atomic mass is 16.5. The number of rotatable bonds is 5. The van der Waals surface area contributed by atoms with Gasteiger partial charge in [0.05, 0.1) is 31.2 Å². The molecule has 0 spiro atoms. The second-order valence-corrected chi connectivity index (χ2v) is 6.38. The van der Waals surface area contributed by atoms with Crippen molar-refractivity contribution in [1.29, 1.82) is 0 Å². The smallest absolute Gasteiger partial charge is 0.253 e. The van der Waals surface area contributed by atoms with Crippen molar-refractivity contribution in [1.82, 2.24) is 15.6 Å². The summed E-state index contributed by atoms with van der Waals surface area (Å²) in [5, 5.41) is 4.88. The number of nitrogens with one attached hydrogen (secondary N) is 2. The number of ether oxygens (including phenoxy) is 2. The molecule has 0 aliphatic carbocycles. The third-order valence-corrected chi connectivity index (χ3v) is 4.55. The van der Waals surface area contributed by atoms with E-state index in [9.17, 15) is 14.4 Å². The summed E-state index contributed by atoms with van der Waals surface area (Å²) >= 11 is 0. The van der Waals surface area contributed by atoms with E-state index in [1.165, 1.54) is 0 Å². The highest BCUT2D eigenvalue weighted by Gasteiger charge is 2.28. The molecule has 2 aromatic rings. The summed E-state index contributed by atoms with van der Waals surface area (Å²) in [6.45, 7) is 1.73. The van der Waals surface area contributed by atoms with Crippen LogP contribution in [-0.4, -0.2) is 43.0 Å². The zero-order valence-corrected chi connectivity index (χ0v) is 15.9. The van der Waals surface area contributed by atoms with Gasteiger partial charge < -0.3 is 14.8 Å². The van der Waals surface area contributed by atoms with Gasteiger partial charge in [-0.3, -0.25) is 24.7 Å². The maximum absolute atomic E-state index is 12.5. The number of hydrogen-bond acceptors (Lipinski definition) is 6. The molecular formula is C20H21N3O5. The van der Waals surface area contributed by atoms with E-state index in [4.69, 9.17) is 9.47 Å². The first-order chi connectivity index (χ1) is 13.4. The normalized spacial score (nSPS) is 16.3. The van der Waals surface area contributed by atoms with E-state index in [0.29, 0.717) is 28.5 Å². The molecule has 1 aliphatic heterocycles. The molecular weight excluding hydrogens is 362 g/mol. The summed E-state index contributed by atoms with van der Waals surface area (Å²) in [6.07, 6.45) is 0.485. The fraction of sp³-hybridized carbons (Fsp3) is 0.300. The largest absolute Gasteiger partial charge is 0.493 e. The van der Waals surface area contributed by atoms with E-state index in [0.717, 1.165) is 5.56 Å². The second kappa shape index (κ2) is 8.08. The Morgan fingerprint density at radius 3 is 2.54 bits per heavy atom. The molecule has 1 atom stereocenters. The van der Waals surface area contributed by atoms with Crippen molar-refractivity contribution in [2.24, 2.45) is 0 Å². The number of aryl methyl sites for hydroxylation is 1. The van der Waals surface area contributed by atoms with Crippen LogP contribution in [0, 0.1) is 6.92 Å². The molecule has 1 saturated heterocycles. The van der Waals surface area contributed by atoms with Crippen molar-refractivity contribution in [3.63, 3.8) is 0 Å². The van der Waals surface area contributed by atoms with E-state index in [2.05, 4.69) is 15.6 Å². The molecule has 1 aliphatic rings. The van der Waals surface area contributed by atoms with Gasteiger partial charge in [0.15, 0.2) is 11.5 Å². The second-order valence-electron chi connectivity index (χ2n) is 6.38. The van der Waals surface area contributed by atoms with Gasteiger partial charge in [-0.25, -0.2) is 0 Å². The summed E-state index contributed by atoms with van der Waals surface area (Å²) in [7, 11) is 3.12. The summed E-state index contributed by atoms with van der Waals surface area (Å²) in [5.41, 5.74) is 2.39. The van der Waals surface area contributed by atoms with E-state index < -0.39 is 17.9 Å². The average molecular weight is 383 g/mol. The number of aromatic nitrogens is 1. The van der Waals surface area contributed by atoms with Crippen LogP contribution >= 0.6 is 0 Å². The summed E-state index contributed by atoms with van der Waals surface area (Å²) < 4.78 is 10.6. The van der Waals surface area contributed by atoms with Crippen LogP contribution < -0.4 is 20.1 Å². The maximum atomic E-state index is 12.5. The van der Waals surface area contributed by atoms with Crippen LogP contribution in [0.25, 0.3) is 11.3 Å². The zero-order valence-electron chi connectivity index (χ0n) is 15.9. The van der Waals surface area contributed by atoms with Crippen LogP contribution in [0.15, 0.2) is 30.3 Å². The molecule has 0 bridgehead atoms. The Balaban J connectivity index is 1.79. The molecule has 2 N–H and O–H groups in total. The van der Waals surface area contributed by atoms with Crippen LogP contribution in [0.1, 0.15) is 28.9 Å². The van der Waals surface area contributed by atoms with Crippen molar-refractivity contribution < 1.29 is 23.9 Å². The lowest BCUT2D eigenvalue weighted by atomic mass is 10.0. The van der Waals surface area contributed by atoms with Crippen LogP contribution in [0.5, 0.6) is 11.5 Å². The molecule has 3 rings (SSSR count). The number of methoxy groups -OCH3 is 2. The minimum absolute atomic E-state index is 0.201. The number of carbonyl (C=O) groups excluding carboxylic acids is 3. The molecule has 1 unspecified atom stereocenters. The van der Waals surface area contributed by atoms with Crippen molar-refractivity contribution in [2.45, 2.75) is 25.8 Å². The van der Waals surface area contributed by atoms with Crippen molar-refractivity contribution in [3.05, 3.63) is 41.6 Å². The topological polar surface area (TPSA) is 107 Å². The Morgan fingerprint density at radius 1 is 1.14 bits per heavy atom. The quantitative estimate of drug-likeness (QED) is 0.760. The fourth-order valence-corrected chi connectivity index (χ4v) is 3.02. The number of imide groups is 1. The van der Waals surface area contributed by atoms with Gasteiger partial charge in [0.25, 0.3) is 5.91 Å². The van der Waals surface area contributed by atoms with Gasteiger partial charge >= 0.3 is 0 Å². The first-order valence-corrected chi connectivity index (χ1v) is 8.77. The first-order valence-electron chi connectivity index (χ1n) is 8.77. The number of carbonyl (C=O) groups is 3. The third kappa shape index (κ3) is 3.95. The zero-order chi connectivity index (χ0) is 20.3. The van der Waals surface area contributed by atoms with E-state index in [1.807, 2.05) is 12.1 Å². The number of pyridine rings is 1. The monoisotopic (exact) mass is 383 g/mol. The fourth-order valence-electron chi connectivity index (χ4n) is 3.02. The van der Waals surface area contributed by atoms with Crippen LogP contribution in [0.4, 0.5) is 0 Å². The minimum Gasteiger partial charge on any atom is -0.493 e. The van der Waals surface area contributed by atoms with Gasteiger partial charge in [-0.1, -0.05) is 0 Å². The Kier molecular flexibility index (Phi) is 5.58. The molecule has 0 radical (unpaired) electrons. The SMILES string of the molecule is COc1ccc(-c2ccc(C(=O)NC3CCC(=O)NC3=O)c(C)n2)cc1OC. The summed E-state index contributed by atoms with van der Waals surface area (Å²) in [5.74, 6) is -0.0227. The molecule has 8 heteroatoms. The van der Waals surface area contributed by atoms with E-state index >= 15 is 0 Å². The van der Waals surface area contributed by atoms with Crippen molar-refractivity contribution in [2.75, 3.05) is 14.2 Å². The highest BCUT2D eigenvalue weighted by molar-refractivity contribution is 6.04.